The van der Waals surface area contributed by atoms with E-state index < -0.39 is 5.97 Å². The van der Waals surface area contributed by atoms with Gasteiger partial charge in [0.2, 0.25) is 5.28 Å². The molecule has 0 saturated carbocycles. The van der Waals surface area contributed by atoms with Crippen molar-refractivity contribution in [2.45, 2.75) is 38.8 Å². The zero-order valence-electron chi connectivity index (χ0n) is 14.0. The number of ether oxygens (including phenoxy) is 2. The molecule has 8 heteroatoms. The summed E-state index contributed by atoms with van der Waals surface area (Å²) < 4.78 is 10.8. The van der Waals surface area contributed by atoms with Crippen molar-refractivity contribution in [2.24, 2.45) is 11.1 Å². The molecule has 2 atom stereocenters. The van der Waals surface area contributed by atoms with Gasteiger partial charge in [-0.05, 0) is 38.3 Å². The van der Waals surface area contributed by atoms with Crippen LogP contribution in [0.1, 0.15) is 37.2 Å². The molecule has 0 amide bonds. The van der Waals surface area contributed by atoms with Crippen molar-refractivity contribution >= 4 is 23.3 Å². The fraction of sp³-hybridized carbons (Fsp3) is 0.688. The highest BCUT2D eigenvalue weighted by atomic mass is 35.5. The summed E-state index contributed by atoms with van der Waals surface area (Å²) >= 11 is 5.85. The fourth-order valence-corrected chi connectivity index (χ4v) is 3.73. The monoisotopic (exact) mass is 354 g/mol. The quantitative estimate of drug-likeness (QED) is 0.651. The minimum absolute atomic E-state index is 0.0211. The molecule has 1 aromatic rings. The Morgan fingerprint density at radius 2 is 2.25 bits per heavy atom. The number of hydrogen-bond acceptors (Lipinski definition) is 7. The Hall–Kier alpha value is -1.44. The minimum Gasteiger partial charge on any atom is -0.461 e. The minimum atomic E-state index is -0.480. The third-order valence-electron chi connectivity index (χ3n) is 5.16. The first-order valence-electron chi connectivity index (χ1n) is 8.28. The van der Waals surface area contributed by atoms with Crippen LogP contribution in [0.3, 0.4) is 0 Å². The van der Waals surface area contributed by atoms with Crippen LogP contribution >= 0.6 is 11.6 Å². The lowest BCUT2D eigenvalue weighted by atomic mass is 9.73. The van der Waals surface area contributed by atoms with E-state index in [0.717, 1.165) is 25.9 Å². The van der Waals surface area contributed by atoms with Gasteiger partial charge in [-0.25, -0.2) is 14.8 Å². The van der Waals surface area contributed by atoms with E-state index in [4.69, 9.17) is 26.8 Å². The summed E-state index contributed by atoms with van der Waals surface area (Å²) in [7, 11) is 0. The number of anilines is 1. The molecule has 132 valence electrons. The number of aromatic nitrogens is 2. The molecule has 0 unspecified atom stereocenters. The van der Waals surface area contributed by atoms with E-state index >= 15 is 0 Å². The van der Waals surface area contributed by atoms with E-state index in [-0.39, 0.29) is 35.1 Å². The van der Waals surface area contributed by atoms with Crippen LogP contribution in [0.5, 0.6) is 0 Å². The summed E-state index contributed by atoms with van der Waals surface area (Å²) in [5, 5.41) is 0.0373. The molecule has 1 spiro atoms. The number of nitrogens with two attached hydrogens (primary N) is 1. The molecule has 0 radical (unpaired) electrons. The van der Waals surface area contributed by atoms with Crippen LogP contribution in [0.25, 0.3) is 0 Å². The molecule has 2 fully saturated rings. The van der Waals surface area contributed by atoms with Crippen LogP contribution in [0.15, 0.2) is 6.20 Å². The summed E-state index contributed by atoms with van der Waals surface area (Å²) in [6, 6.07) is 0.0469. The van der Waals surface area contributed by atoms with E-state index in [1.54, 1.807) is 13.1 Å². The van der Waals surface area contributed by atoms with Crippen LogP contribution in [-0.2, 0) is 9.47 Å². The molecule has 3 rings (SSSR count). The van der Waals surface area contributed by atoms with E-state index in [9.17, 15) is 4.79 Å². The molecule has 7 nitrogen and oxygen atoms in total. The van der Waals surface area contributed by atoms with Crippen molar-refractivity contribution in [3.8, 4) is 0 Å². The topological polar surface area (TPSA) is 90.6 Å². The Labute approximate surface area is 146 Å². The Morgan fingerprint density at radius 3 is 2.83 bits per heavy atom. The molecule has 24 heavy (non-hydrogen) atoms. The summed E-state index contributed by atoms with van der Waals surface area (Å²) in [5.41, 5.74) is 7.25. The van der Waals surface area contributed by atoms with Crippen molar-refractivity contribution in [3.63, 3.8) is 0 Å². The van der Waals surface area contributed by atoms with E-state index in [2.05, 4.69) is 14.9 Å². The summed E-state index contributed by atoms with van der Waals surface area (Å²) in [5.74, 6) is -0.480. The average molecular weight is 355 g/mol. The van der Waals surface area contributed by atoms with Crippen LogP contribution in [-0.4, -0.2) is 54.4 Å². The lowest BCUT2D eigenvalue weighted by molar-refractivity contribution is 0.0519. The van der Waals surface area contributed by atoms with Crippen molar-refractivity contribution in [1.29, 1.82) is 0 Å². The molecular formula is C16H23ClN4O3. The zero-order chi connectivity index (χ0) is 17.3. The number of piperidine rings is 1. The number of halogens is 1. The highest BCUT2D eigenvalue weighted by Gasteiger charge is 2.47. The maximum Gasteiger partial charge on any atom is 0.359 e. The smallest absolute Gasteiger partial charge is 0.359 e. The molecule has 2 aliphatic rings. The average Bonchev–Trinajstić information content (AvgIpc) is 2.85. The number of nitrogens with zero attached hydrogens (tertiary/aromatic N) is 3. The maximum absolute atomic E-state index is 12.2. The van der Waals surface area contributed by atoms with Gasteiger partial charge in [0.1, 0.15) is 0 Å². The van der Waals surface area contributed by atoms with Gasteiger partial charge in [0.25, 0.3) is 0 Å². The summed E-state index contributed by atoms with van der Waals surface area (Å²) in [4.78, 5) is 22.4. The number of carbonyl (C=O) groups is 1. The van der Waals surface area contributed by atoms with Crippen molar-refractivity contribution in [2.75, 3.05) is 31.2 Å². The summed E-state index contributed by atoms with van der Waals surface area (Å²) in [6.07, 6.45) is 3.49. The Bertz CT molecular complexity index is 619. The van der Waals surface area contributed by atoms with Gasteiger partial charge in [-0.2, -0.15) is 0 Å². The predicted molar refractivity (Wildman–Crippen MR) is 90.3 cm³/mol. The molecule has 0 aromatic carbocycles. The molecule has 0 bridgehead atoms. The third-order valence-corrected chi connectivity index (χ3v) is 5.34. The number of rotatable bonds is 3. The normalized spacial score (nSPS) is 25.9. The van der Waals surface area contributed by atoms with Crippen LogP contribution in [0, 0.1) is 5.41 Å². The summed E-state index contributed by atoms with van der Waals surface area (Å²) in [6.45, 7) is 6.30. The lowest BCUT2D eigenvalue weighted by Crippen LogP contribution is -2.50. The molecule has 3 heterocycles. The number of hydrogen-bond donors (Lipinski definition) is 1. The second-order valence-electron chi connectivity index (χ2n) is 6.48. The van der Waals surface area contributed by atoms with Crippen molar-refractivity contribution in [1.82, 2.24) is 9.97 Å². The van der Waals surface area contributed by atoms with Gasteiger partial charge in [0.15, 0.2) is 5.69 Å². The van der Waals surface area contributed by atoms with Gasteiger partial charge in [-0.3, -0.25) is 0 Å². The Kier molecular flexibility index (Phi) is 4.94. The van der Waals surface area contributed by atoms with Crippen LogP contribution in [0.4, 0.5) is 5.69 Å². The van der Waals surface area contributed by atoms with Crippen LogP contribution < -0.4 is 10.6 Å². The standard InChI is InChI=1S/C16H23ClN4O3/c1-3-23-14(22)12-11(8-19-15(17)20-12)21-6-4-16(5-7-21)9-24-10(2)13(16)18/h8,10,13H,3-7,9,18H2,1-2H3/t10-,13+/m0/s1. The van der Waals surface area contributed by atoms with E-state index in [0.29, 0.717) is 12.3 Å². The first kappa shape index (κ1) is 17.4. The fourth-order valence-electron chi connectivity index (χ4n) is 3.60. The third kappa shape index (κ3) is 3.08. The number of esters is 1. The Balaban J connectivity index is 1.78. The van der Waals surface area contributed by atoms with Gasteiger partial charge in [-0.1, -0.05) is 0 Å². The van der Waals surface area contributed by atoms with Gasteiger partial charge >= 0.3 is 5.97 Å². The predicted octanol–water partition coefficient (Wildman–Crippen LogP) is 1.64. The van der Waals surface area contributed by atoms with Crippen molar-refractivity contribution < 1.29 is 14.3 Å². The van der Waals surface area contributed by atoms with Gasteiger partial charge in [0.05, 0.1) is 31.2 Å². The second-order valence-corrected chi connectivity index (χ2v) is 6.82. The highest BCUT2D eigenvalue weighted by Crippen LogP contribution is 2.42. The molecule has 2 aliphatic heterocycles. The van der Waals surface area contributed by atoms with E-state index in [1.807, 2.05) is 6.92 Å². The van der Waals surface area contributed by atoms with Gasteiger partial charge < -0.3 is 20.1 Å². The SMILES string of the molecule is CCOC(=O)c1nc(Cl)ncc1N1CCC2(CC1)CO[C@@H](C)[C@H]2N. The molecule has 2 saturated heterocycles. The molecular weight excluding hydrogens is 332 g/mol. The lowest BCUT2D eigenvalue weighted by Gasteiger charge is -2.42. The van der Waals surface area contributed by atoms with Gasteiger partial charge in [-0.15, -0.1) is 0 Å². The zero-order valence-corrected chi connectivity index (χ0v) is 14.8. The molecule has 1 aromatic heterocycles. The Morgan fingerprint density at radius 1 is 1.54 bits per heavy atom. The molecule has 2 N–H and O–H groups in total. The van der Waals surface area contributed by atoms with Crippen LogP contribution in [0.2, 0.25) is 5.28 Å². The first-order valence-corrected chi connectivity index (χ1v) is 8.66. The molecule has 0 aliphatic carbocycles. The first-order chi connectivity index (χ1) is 11.5. The van der Waals surface area contributed by atoms with E-state index in [1.165, 1.54) is 0 Å². The number of carbonyl (C=O) groups excluding carboxylic acids is 1. The second kappa shape index (κ2) is 6.82. The van der Waals surface area contributed by atoms with Crippen molar-refractivity contribution in [3.05, 3.63) is 17.2 Å². The maximum atomic E-state index is 12.2. The van der Waals surface area contributed by atoms with Gasteiger partial charge in [0, 0.05) is 24.5 Å². The largest absolute Gasteiger partial charge is 0.461 e. The highest BCUT2D eigenvalue weighted by molar-refractivity contribution is 6.28.